The molecule has 0 saturated heterocycles. The Morgan fingerprint density at radius 1 is 0.900 bits per heavy atom. The Kier molecular flexibility index (Phi) is 4.78. The second-order valence-corrected chi connectivity index (χ2v) is 4.19. The van der Waals surface area contributed by atoms with Gasteiger partial charge >= 0.3 is 6.03 Å². The topological polar surface area (TPSA) is 53.2 Å². The summed E-state index contributed by atoms with van der Waals surface area (Å²) < 4.78 is 0. The number of benzene rings is 2. The van der Waals surface area contributed by atoms with Gasteiger partial charge in [-0.25, -0.2) is 4.79 Å². The largest absolute Gasteiger partial charge is 0.382 e. The molecular weight excluding hydrogens is 250 g/mol. The standard InChI is InChI=1S/C16H17N3O/c1-2-12-17-13-8-10-15(11-9-13)19-16(20)18-14-6-4-3-5-7-14/h2-11,17H,1,12H2,(H2,18,19,20). The number of carbonyl (C=O) groups excluding carboxylic acids is 1. The Bertz CT molecular complexity index is 564. The molecule has 3 N–H and O–H groups in total. The summed E-state index contributed by atoms with van der Waals surface area (Å²) in [6, 6.07) is 16.5. The fourth-order valence-corrected chi connectivity index (χ4v) is 1.68. The van der Waals surface area contributed by atoms with Crippen molar-refractivity contribution >= 4 is 23.1 Å². The highest BCUT2D eigenvalue weighted by Gasteiger charge is 2.01. The van der Waals surface area contributed by atoms with Crippen molar-refractivity contribution < 1.29 is 4.79 Å². The molecule has 2 amide bonds. The molecule has 0 spiro atoms. The molecule has 2 rings (SSSR count). The summed E-state index contributed by atoms with van der Waals surface area (Å²) in [5.74, 6) is 0. The van der Waals surface area contributed by atoms with Gasteiger partial charge in [0.2, 0.25) is 0 Å². The Hall–Kier alpha value is -2.75. The van der Waals surface area contributed by atoms with Gasteiger partial charge < -0.3 is 16.0 Å². The van der Waals surface area contributed by atoms with Crippen LogP contribution in [0.5, 0.6) is 0 Å². The maximum absolute atomic E-state index is 11.8. The lowest BCUT2D eigenvalue weighted by Gasteiger charge is -2.08. The van der Waals surface area contributed by atoms with Crippen LogP contribution in [-0.4, -0.2) is 12.6 Å². The van der Waals surface area contributed by atoms with Crippen molar-refractivity contribution in [1.82, 2.24) is 0 Å². The average molecular weight is 267 g/mol. The molecule has 0 aliphatic heterocycles. The number of urea groups is 1. The molecule has 0 aliphatic carbocycles. The summed E-state index contributed by atoms with van der Waals surface area (Å²) in [5, 5.41) is 8.70. The first-order valence-corrected chi connectivity index (χ1v) is 6.36. The van der Waals surface area contributed by atoms with Gasteiger partial charge in [-0.05, 0) is 36.4 Å². The molecule has 0 aromatic heterocycles. The van der Waals surface area contributed by atoms with E-state index in [4.69, 9.17) is 0 Å². The summed E-state index contributed by atoms with van der Waals surface area (Å²) in [7, 11) is 0. The fraction of sp³-hybridized carbons (Fsp3) is 0.0625. The van der Waals surface area contributed by atoms with E-state index in [1.807, 2.05) is 54.6 Å². The van der Waals surface area contributed by atoms with Crippen LogP contribution in [0.15, 0.2) is 67.3 Å². The molecule has 0 aliphatic rings. The Labute approximate surface area is 118 Å². The van der Waals surface area contributed by atoms with E-state index in [1.165, 1.54) is 0 Å². The number of rotatable bonds is 5. The van der Waals surface area contributed by atoms with E-state index < -0.39 is 0 Å². The number of hydrogen-bond acceptors (Lipinski definition) is 2. The Morgan fingerprint density at radius 2 is 1.45 bits per heavy atom. The van der Waals surface area contributed by atoms with Crippen molar-refractivity contribution in [2.45, 2.75) is 0 Å². The molecular formula is C16H17N3O. The quantitative estimate of drug-likeness (QED) is 0.719. The van der Waals surface area contributed by atoms with Crippen molar-refractivity contribution in [3.63, 3.8) is 0 Å². The molecule has 0 atom stereocenters. The van der Waals surface area contributed by atoms with Gasteiger partial charge in [0.05, 0.1) is 0 Å². The molecule has 0 bridgehead atoms. The first-order valence-electron chi connectivity index (χ1n) is 6.36. The van der Waals surface area contributed by atoms with Crippen LogP contribution < -0.4 is 16.0 Å². The number of hydrogen-bond donors (Lipinski definition) is 3. The van der Waals surface area contributed by atoms with Crippen LogP contribution in [0, 0.1) is 0 Å². The van der Waals surface area contributed by atoms with Gasteiger partial charge in [0.1, 0.15) is 0 Å². The number of para-hydroxylation sites is 1. The van der Waals surface area contributed by atoms with E-state index >= 15 is 0 Å². The third kappa shape index (κ3) is 4.17. The predicted molar refractivity (Wildman–Crippen MR) is 84.2 cm³/mol. The lowest BCUT2D eigenvalue weighted by atomic mass is 10.3. The van der Waals surface area contributed by atoms with Crippen LogP contribution in [0.3, 0.4) is 0 Å². The van der Waals surface area contributed by atoms with Crippen LogP contribution in [0.25, 0.3) is 0 Å². The molecule has 0 heterocycles. The third-order valence-corrected chi connectivity index (χ3v) is 2.62. The third-order valence-electron chi connectivity index (χ3n) is 2.62. The summed E-state index contributed by atoms with van der Waals surface area (Å²) in [6.45, 7) is 4.35. The highest BCUT2D eigenvalue weighted by Crippen LogP contribution is 2.14. The molecule has 20 heavy (non-hydrogen) atoms. The van der Waals surface area contributed by atoms with E-state index in [2.05, 4.69) is 22.5 Å². The normalized spacial score (nSPS) is 9.60. The molecule has 4 heteroatoms. The van der Waals surface area contributed by atoms with E-state index in [0.717, 1.165) is 17.1 Å². The molecule has 0 saturated carbocycles. The van der Waals surface area contributed by atoms with Gasteiger partial charge in [0, 0.05) is 23.6 Å². The fourth-order valence-electron chi connectivity index (χ4n) is 1.68. The average Bonchev–Trinajstić information content (AvgIpc) is 2.47. The summed E-state index contributed by atoms with van der Waals surface area (Å²) in [6.07, 6.45) is 1.79. The van der Waals surface area contributed by atoms with E-state index in [0.29, 0.717) is 6.54 Å². The van der Waals surface area contributed by atoms with Gasteiger partial charge in [-0.3, -0.25) is 0 Å². The van der Waals surface area contributed by atoms with Gasteiger partial charge in [-0.2, -0.15) is 0 Å². The number of amides is 2. The summed E-state index contributed by atoms with van der Waals surface area (Å²) >= 11 is 0. The highest BCUT2D eigenvalue weighted by molar-refractivity contribution is 5.99. The van der Waals surface area contributed by atoms with Gasteiger partial charge in [0.15, 0.2) is 0 Å². The van der Waals surface area contributed by atoms with Crippen LogP contribution in [0.4, 0.5) is 21.9 Å². The smallest absolute Gasteiger partial charge is 0.323 e. The van der Waals surface area contributed by atoms with Gasteiger partial charge in [0.25, 0.3) is 0 Å². The first-order chi connectivity index (χ1) is 9.78. The maximum Gasteiger partial charge on any atom is 0.323 e. The molecule has 102 valence electrons. The minimum Gasteiger partial charge on any atom is -0.382 e. The lowest BCUT2D eigenvalue weighted by molar-refractivity contribution is 0.262. The van der Waals surface area contributed by atoms with Crippen molar-refractivity contribution in [3.8, 4) is 0 Å². The van der Waals surface area contributed by atoms with E-state index in [1.54, 1.807) is 6.08 Å². The first kappa shape index (κ1) is 13.7. The van der Waals surface area contributed by atoms with Crippen LogP contribution in [-0.2, 0) is 0 Å². The van der Waals surface area contributed by atoms with Crippen molar-refractivity contribution in [2.24, 2.45) is 0 Å². The Balaban J connectivity index is 1.89. The zero-order valence-electron chi connectivity index (χ0n) is 11.1. The van der Waals surface area contributed by atoms with Crippen LogP contribution in [0.1, 0.15) is 0 Å². The molecule has 2 aromatic rings. The van der Waals surface area contributed by atoms with Crippen LogP contribution >= 0.6 is 0 Å². The number of anilines is 3. The van der Waals surface area contributed by atoms with Crippen molar-refractivity contribution in [2.75, 3.05) is 22.5 Å². The minimum absolute atomic E-state index is 0.261. The summed E-state index contributed by atoms with van der Waals surface area (Å²) in [4.78, 5) is 11.8. The van der Waals surface area contributed by atoms with E-state index in [-0.39, 0.29) is 6.03 Å². The molecule has 0 unspecified atom stereocenters. The second-order valence-electron chi connectivity index (χ2n) is 4.19. The predicted octanol–water partition coefficient (Wildman–Crippen LogP) is 3.93. The van der Waals surface area contributed by atoms with Crippen molar-refractivity contribution in [3.05, 3.63) is 67.3 Å². The number of nitrogens with one attached hydrogen (secondary N) is 3. The second kappa shape index (κ2) is 6.99. The highest BCUT2D eigenvalue weighted by atomic mass is 16.2. The molecule has 0 fully saturated rings. The molecule has 4 nitrogen and oxygen atoms in total. The van der Waals surface area contributed by atoms with Gasteiger partial charge in [-0.1, -0.05) is 24.3 Å². The van der Waals surface area contributed by atoms with Crippen LogP contribution in [0.2, 0.25) is 0 Å². The maximum atomic E-state index is 11.8. The zero-order valence-corrected chi connectivity index (χ0v) is 11.1. The monoisotopic (exact) mass is 267 g/mol. The van der Waals surface area contributed by atoms with Gasteiger partial charge in [-0.15, -0.1) is 6.58 Å². The molecule has 0 radical (unpaired) electrons. The number of carbonyl (C=O) groups is 1. The zero-order chi connectivity index (χ0) is 14.2. The lowest BCUT2D eigenvalue weighted by Crippen LogP contribution is -2.19. The van der Waals surface area contributed by atoms with Crippen molar-refractivity contribution in [1.29, 1.82) is 0 Å². The summed E-state index contributed by atoms with van der Waals surface area (Å²) in [5.41, 5.74) is 2.48. The minimum atomic E-state index is -0.261. The molecule has 2 aromatic carbocycles. The Morgan fingerprint density at radius 3 is 2.05 bits per heavy atom. The SMILES string of the molecule is C=CCNc1ccc(NC(=O)Nc2ccccc2)cc1. The van der Waals surface area contributed by atoms with E-state index in [9.17, 15) is 4.79 Å².